The lowest BCUT2D eigenvalue weighted by atomic mass is 9.83. The zero-order chi connectivity index (χ0) is 11.9. The van der Waals surface area contributed by atoms with Crippen molar-refractivity contribution in [3.8, 4) is 5.75 Å². The summed E-state index contributed by atoms with van der Waals surface area (Å²) in [6, 6.07) is 5.34. The number of benzene rings is 1. The molecule has 1 amide bonds. The Hall–Kier alpha value is -1.22. The lowest BCUT2D eigenvalue weighted by Gasteiger charge is -2.39. The van der Waals surface area contributed by atoms with Crippen LogP contribution in [-0.4, -0.2) is 11.5 Å². The maximum Gasteiger partial charge on any atom is 0.268 e. The molecule has 0 radical (unpaired) electrons. The fraction of sp³-hybridized carbons (Fsp3) is 0.462. The molecule has 4 heteroatoms. The number of carbonyl (C=O) groups is 1. The number of ether oxygens (including phenoxy) is 1. The molecule has 1 aromatic rings. The van der Waals surface area contributed by atoms with Crippen molar-refractivity contribution in [3.63, 3.8) is 0 Å². The summed E-state index contributed by atoms with van der Waals surface area (Å²) >= 11 is 5.89. The van der Waals surface area contributed by atoms with E-state index in [1.165, 1.54) is 6.42 Å². The summed E-state index contributed by atoms with van der Waals surface area (Å²) in [5.74, 6) is 0.711. The molecule has 3 rings (SSSR count). The van der Waals surface area contributed by atoms with Gasteiger partial charge in [-0.05, 0) is 43.9 Å². The van der Waals surface area contributed by atoms with Crippen LogP contribution in [0, 0.1) is 0 Å². The van der Waals surface area contributed by atoms with Gasteiger partial charge in [0.05, 0.1) is 5.69 Å². The molecule has 0 saturated heterocycles. The second-order valence-electron chi connectivity index (χ2n) is 4.75. The van der Waals surface area contributed by atoms with Gasteiger partial charge in [-0.15, -0.1) is 0 Å². The third-order valence-electron chi connectivity index (χ3n) is 3.57. The van der Waals surface area contributed by atoms with Crippen molar-refractivity contribution < 1.29 is 9.53 Å². The normalized spacial score (nSPS) is 21.6. The molecule has 17 heavy (non-hydrogen) atoms. The van der Waals surface area contributed by atoms with Crippen molar-refractivity contribution in [3.05, 3.63) is 23.2 Å². The Morgan fingerprint density at radius 3 is 2.76 bits per heavy atom. The molecule has 1 aliphatic heterocycles. The summed E-state index contributed by atoms with van der Waals surface area (Å²) in [6.45, 7) is 0. The van der Waals surface area contributed by atoms with Crippen LogP contribution in [-0.2, 0) is 4.79 Å². The molecular formula is C13H14ClNO2. The molecule has 1 saturated carbocycles. The number of rotatable bonds is 0. The van der Waals surface area contributed by atoms with Crippen molar-refractivity contribution in [2.75, 3.05) is 5.32 Å². The van der Waals surface area contributed by atoms with Gasteiger partial charge in [-0.3, -0.25) is 4.79 Å². The van der Waals surface area contributed by atoms with Crippen LogP contribution in [0.5, 0.6) is 5.75 Å². The van der Waals surface area contributed by atoms with Crippen LogP contribution in [0.3, 0.4) is 0 Å². The van der Waals surface area contributed by atoms with Gasteiger partial charge in [0.1, 0.15) is 5.75 Å². The molecule has 0 aromatic heterocycles. The first-order valence-corrected chi connectivity index (χ1v) is 6.37. The van der Waals surface area contributed by atoms with Gasteiger partial charge in [-0.25, -0.2) is 0 Å². The first-order valence-electron chi connectivity index (χ1n) is 6.00. The fourth-order valence-corrected chi connectivity index (χ4v) is 2.81. The van der Waals surface area contributed by atoms with E-state index in [1.807, 2.05) is 6.07 Å². The summed E-state index contributed by atoms with van der Waals surface area (Å²) in [7, 11) is 0. The van der Waals surface area contributed by atoms with E-state index < -0.39 is 5.60 Å². The van der Waals surface area contributed by atoms with Gasteiger partial charge in [0.15, 0.2) is 5.60 Å². The van der Waals surface area contributed by atoms with Gasteiger partial charge in [-0.2, -0.15) is 0 Å². The van der Waals surface area contributed by atoms with Crippen LogP contribution >= 0.6 is 11.6 Å². The molecule has 0 atom stereocenters. The number of hydrogen-bond acceptors (Lipinski definition) is 2. The number of carbonyl (C=O) groups excluding carboxylic acids is 1. The molecule has 90 valence electrons. The number of anilines is 1. The van der Waals surface area contributed by atoms with Gasteiger partial charge in [0.25, 0.3) is 5.91 Å². The second kappa shape index (κ2) is 3.91. The summed E-state index contributed by atoms with van der Waals surface area (Å²) in [5.41, 5.74) is 0.0395. The van der Waals surface area contributed by atoms with Gasteiger partial charge in [-0.1, -0.05) is 18.0 Å². The minimum Gasteiger partial charge on any atom is -0.475 e. The summed E-state index contributed by atoms with van der Waals surface area (Å²) < 4.78 is 5.96. The average Bonchev–Trinajstić information content (AvgIpc) is 2.33. The predicted octanol–water partition coefficient (Wildman–Crippen LogP) is 3.37. The predicted molar refractivity (Wildman–Crippen MR) is 66.5 cm³/mol. The Bertz CT molecular complexity index is 466. The van der Waals surface area contributed by atoms with Crippen molar-refractivity contribution >= 4 is 23.2 Å². The SMILES string of the molecule is O=C1Nc2cc(Cl)ccc2OC12CCCCC2. The van der Waals surface area contributed by atoms with E-state index in [1.54, 1.807) is 12.1 Å². The van der Waals surface area contributed by atoms with E-state index in [4.69, 9.17) is 16.3 Å². The van der Waals surface area contributed by atoms with Crippen LogP contribution in [0.25, 0.3) is 0 Å². The van der Waals surface area contributed by atoms with E-state index in [2.05, 4.69) is 5.32 Å². The van der Waals surface area contributed by atoms with E-state index in [-0.39, 0.29) is 5.91 Å². The Morgan fingerprint density at radius 1 is 1.24 bits per heavy atom. The van der Waals surface area contributed by atoms with Crippen molar-refractivity contribution in [2.24, 2.45) is 0 Å². The standard InChI is InChI=1S/C13H14ClNO2/c14-9-4-5-11-10(8-9)15-12(16)13(17-11)6-2-1-3-7-13/h4-5,8H,1-3,6-7H2,(H,15,16). The van der Waals surface area contributed by atoms with Crippen LogP contribution in [0.1, 0.15) is 32.1 Å². The second-order valence-corrected chi connectivity index (χ2v) is 5.19. The zero-order valence-corrected chi connectivity index (χ0v) is 10.2. The molecule has 0 unspecified atom stereocenters. The van der Waals surface area contributed by atoms with Gasteiger partial charge >= 0.3 is 0 Å². The number of halogens is 1. The van der Waals surface area contributed by atoms with E-state index in [0.29, 0.717) is 10.7 Å². The summed E-state index contributed by atoms with van der Waals surface area (Å²) in [5, 5.41) is 3.52. The average molecular weight is 252 g/mol. The third-order valence-corrected chi connectivity index (χ3v) is 3.81. The van der Waals surface area contributed by atoms with Crippen LogP contribution in [0.4, 0.5) is 5.69 Å². The molecule has 3 nitrogen and oxygen atoms in total. The molecule has 1 heterocycles. The molecule has 0 bridgehead atoms. The Morgan fingerprint density at radius 2 is 2.00 bits per heavy atom. The highest BCUT2D eigenvalue weighted by atomic mass is 35.5. The van der Waals surface area contributed by atoms with E-state index in [9.17, 15) is 4.79 Å². The maximum atomic E-state index is 12.2. The smallest absolute Gasteiger partial charge is 0.268 e. The van der Waals surface area contributed by atoms with Crippen LogP contribution in [0.15, 0.2) is 18.2 Å². The Balaban J connectivity index is 1.97. The highest BCUT2D eigenvalue weighted by Gasteiger charge is 2.45. The lowest BCUT2D eigenvalue weighted by Crippen LogP contribution is -2.51. The molecule has 1 aromatic carbocycles. The number of amides is 1. The molecule has 2 aliphatic rings. The molecule has 1 fully saturated rings. The van der Waals surface area contributed by atoms with Crippen molar-refractivity contribution in [1.82, 2.24) is 0 Å². The fourth-order valence-electron chi connectivity index (χ4n) is 2.63. The third kappa shape index (κ3) is 1.78. The van der Waals surface area contributed by atoms with Crippen LogP contribution in [0.2, 0.25) is 5.02 Å². The number of fused-ring (bicyclic) bond motifs is 1. The summed E-state index contributed by atoms with van der Waals surface area (Å²) in [6.07, 6.45) is 4.90. The monoisotopic (exact) mass is 251 g/mol. The number of nitrogens with one attached hydrogen (secondary N) is 1. The Kier molecular flexibility index (Phi) is 2.51. The summed E-state index contributed by atoms with van der Waals surface area (Å²) in [4.78, 5) is 12.2. The van der Waals surface area contributed by atoms with Gasteiger partial charge in [0.2, 0.25) is 0 Å². The molecule has 1 aliphatic carbocycles. The van der Waals surface area contributed by atoms with Crippen molar-refractivity contribution in [1.29, 1.82) is 0 Å². The van der Waals surface area contributed by atoms with Crippen molar-refractivity contribution in [2.45, 2.75) is 37.7 Å². The Labute approximate surface area is 105 Å². The highest BCUT2D eigenvalue weighted by Crippen LogP contribution is 2.41. The van der Waals surface area contributed by atoms with E-state index in [0.717, 1.165) is 31.4 Å². The van der Waals surface area contributed by atoms with Gasteiger partial charge < -0.3 is 10.1 Å². The number of hydrogen-bond donors (Lipinski definition) is 1. The first kappa shape index (κ1) is 10.9. The highest BCUT2D eigenvalue weighted by molar-refractivity contribution is 6.31. The lowest BCUT2D eigenvalue weighted by molar-refractivity contribution is -0.135. The quantitative estimate of drug-likeness (QED) is 0.768. The van der Waals surface area contributed by atoms with Crippen LogP contribution < -0.4 is 10.1 Å². The molecule has 1 spiro atoms. The topological polar surface area (TPSA) is 38.3 Å². The van der Waals surface area contributed by atoms with E-state index >= 15 is 0 Å². The maximum absolute atomic E-state index is 12.2. The van der Waals surface area contributed by atoms with Gasteiger partial charge in [0, 0.05) is 5.02 Å². The minimum atomic E-state index is -0.640. The molecular weight excluding hydrogens is 238 g/mol. The zero-order valence-electron chi connectivity index (χ0n) is 9.46. The first-order chi connectivity index (χ1) is 8.20. The largest absolute Gasteiger partial charge is 0.475 e. The minimum absolute atomic E-state index is 0.0213. The molecule has 1 N–H and O–H groups in total.